The van der Waals surface area contributed by atoms with Gasteiger partial charge in [0.2, 0.25) is 0 Å². The molecule has 0 bridgehead atoms. The largest absolute Gasteiger partial charge is 0.493 e. The number of ketones is 1. The zero-order valence-electron chi connectivity index (χ0n) is 46.5. The maximum Gasteiger partial charge on any atom is 0.198 e. The van der Waals surface area contributed by atoms with E-state index in [1.54, 1.807) is 25.1 Å². The molecule has 387 valence electrons. The molecular formula is C67H89O5. The molecule has 1 unspecified atom stereocenters. The number of terminal acetylenes is 1. The molecular weight excluding hydrogens is 885 g/mol. The summed E-state index contributed by atoms with van der Waals surface area (Å²) in [6.07, 6.45) is 29.9. The second kappa shape index (κ2) is 31.9. The lowest BCUT2D eigenvalue weighted by Crippen LogP contribution is -2.19. The summed E-state index contributed by atoms with van der Waals surface area (Å²) in [5, 5.41) is 1.13. The topological polar surface area (TPSA) is 61.8 Å². The molecule has 5 nitrogen and oxygen atoms in total. The second-order valence-electron chi connectivity index (χ2n) is 20.5. The number of carbonyl (C=O) groups excluding carboxylic acids is 1. The number of aryl methyl sites for hydroxylation is 1. The van der Waals surface area contributed by atoms with E-state index in [9.17, 15) is 9.59 Å². The number of fused-ring (bicyclic) bond motifs is 1. The molecule has 3 radical (unpaired) electrons. The normalized spacial score (nSPS) is 13.5. The quantitative estimate of drug-likeness (QED) is 0.0340. The molecule has 0 N–H and O–H groups in total. The van der Waals surface area contributed by atoms with Crippen molar-refractivity contribution in [3.63, 3.8) is 0 Å². The molecule has 5 heteroatoms. The van der Waals surface area contributed by atoms with E-state index in [-0.39, 0.29) is 29.0 Å². The summed E-state index contributed by atoms with van der Waals surface area (Å²) in [6, 6.07) is 27.4. The van der Waals surface area contributed by atoms with Gasteiger partial charge in [-0.15, -0.1) is 12.3 Å². The van der Waals surface area contributed by atoms with Crippen LogP contribution >= 0.6 is 0 Å². The maximum absolute atomic E-state index is 13.3. The molecule has 0 saturated heterocycles. The van der Waals surface area contributed by atoms with Crippen molar-refractivity contribution in [1.82, 2.24) is 0 Å². The lowest BCUT2D eigenvalue weighted by molar-refractivity contribution is 0.103. The van der Waals surface area contributed by atoms with Crippen molar-refractivity contribution in [2.24, 2.45) is 0 Å². The number of benzene rings is 3. The highest BCUT2D eigenvalue weighted by molar-refractivity contribution is 6.11. The van der Waals surface area contributed by atoms with Gasteiger partial charge in [-0.2, -0.15) is 0 Å². The third-order valence-corrected chi connectivity index (χ3v) is 12.1. The van der Waals surface area contributed by atoms with Crippen LogP contribution in [-0.4, -0.2) is 38.8 Å². The fourth-order valence-electron chi connectivity index (χ4n) is 7.93. The molecule has 0 aromatic heterocycles. The Labute approximate surface area is 439 Å². The predicted molar refractivity (Wildman–Crippen MR) is 309 cm³/mol. The SMILES string of the molecule is C#CCCC(CCC)c1ccc(OCCC2=C[CH]2)cc1.CC.CC(=Cc1cc(C)c(C(C)(C)C)cc1C(C)(C)C)C(=O)c1cc#cc2ccccc2c1=O.CCCOCCC1=C[CH]1.CCCOCCC1=C[CH]1.[HH]. The minimum absolute atomic E-state index is 0. The standard InChI is InChI=1S/C30H32O2.C19H23O.2C8H13O.C2H6.H2/c1-19-16-22(26(30(6,7)8)18-25(19)29(3,4)5)17-20(2)27(31)24-15-11-13-21-12-9-10-14-23(21)28(24)32;1-3-5-7-17(6-4-2)18-10-12-19(13-11-18)20-15-14-16-8-9-16;2*1-2-6-9-7-5-8-3-4-8;1-2;/h9-10,12,14-18H,1-8H3;1,8-13,17H,4-7,14-15H2,2H3;2*3-4H,2,5-7H2,1H3;1-2H3;1H. The van der Waals surface area contributed by atoms with Crippen LogP contribution < -0.4 is 10.2 Å². The van der Waals surface area contributed by atoms with E-state index in [4.69, 9.17) is 20.6 Å². The van der Waals surface area contributed by atoms with Crippen LogP contribution in [0.4, 0.5) is 0 Å². The van der Waals surface area contributed by atoms with Crippen molar-refractivity contribution in [2.45, 2.75) is 165 Å². The summed E-state index contributed by atoms with van der Waals surface area (Å²) in [6.45, 7) is 32.0. The number of Topliss-reactive ketones (excluding diaryl/α,β-unsaturated/α-hetero) is 1. The average Bonchev–Trinajstić information content (AvgIpc) is 4.18. The third-order valence-electron chi connectivity index (χ3n) is 12.1. The maximum atomic E-state index is 13.3. The van der Waals surface area contributed by atoms with Gasteiger partial charge >= 0.3 is 0 Å². The Bertz CT molecular complexity index is 2490. The monoisotopic (exact) mass is 974 g/mol. The van der Waals surface area contributed by atoms with Gasteiger partial charge in [0.05, 0.1) is 25.4 Å². The number of rotatable bonds is 22. The third kappa shape index (κ3) is 22.5. The molecule has 4 aromatic carbocycles. The van der Waals surface area contributed by atoms with Crippen molar-refractivity contribution in [1.29, 1.82) is 0 Å². The van der Waals surface area contributed by atoms with Gasteiger partial charge in [-0.1, -0.05) is 166 Å². The van der Waals surface area contributed by atoms with Gasteiger partial charge in [0, 0.05) is 63.6 Å². The molecule has 72 heavy (non-hydrogen) atoms. The number of hydrogen-bond donors (Lipinski definition) is 0. The van der Waals surface area contributed by atoms with Gasteiger partial charge < -0.3 is 14.2 Å². The average molecular weight is 974 g/mol. The van der Waals surface area contributed by atoms with E-state index in [1.165, 1.54) is 57.9 Å². The zero-order chi connectivity index (χ0) is 53.1. The zero-order valence-corrected chi connectivity index (χ0v) is 46.5. The first-order valence-electron chi connectivity index (χ1n) is 26.7. The number of carbonyl (C=O) groups is 1. The van der Waals surface area contributed by atoms with Gasteiger partial charge in [0.1, 0.15) is 5.75 Å². The molecule has 3 aliphatic carbocycles. The number of hydrogen-bond acceptors (Lipinski definition) is 5. The van der Waals surface area contributed by atoms with Crippen LogP contribution in [0.1, 0.15) is 186 Å². The summed E-state index contributed by atoms with van der Waals surface area (Å²) in [5.74, 6) is 4.01. The van der Waals surface area contributed by atoms with Crippen LogP contribution in [0.5, 0.6) is 5.75 Å². The van der Waals surface area contributed by atoms with Crippen LogP contribution in [0.15, 0.2) is 112 Å². The van der Waals surface area contributed by atoms with Gasteiger partial charge in [0.25, 0.3) is 0 Å². The van der Waals surface area contributed by atoms with Crippen molar-refractivity contribution >= 4 is 22.6 Å². The Morgan fingerprint density at radius 2 is 1.28 bits per heavy atom. The fraction of sp³-hybridized carbons (Fsp3) is 0.448. The molecule has 4 aromatic rings. The van der Waals surface area contributed by atoms with Crippen LogP contribution in [0, 0.1) is 50.7 Å². The van der Waals surface area contributed by atoms with E-state index >= 15 is 0 Å². The Kier molecular flexibility index (Phi) is 26.9. The van der Waals surface area contributed by atoms with Gasteiger partial charge in [0.15, 0.2) is 11.2 Å². The molecule has 3 aliphatic rings. The van der Waals surface area contributed by atoms with E-state index in [1.807, 2.05) is 26.0 Å². The number of allylic oxidation sites excluding steroid dienone is 4. The fourth-order valence-corrected chi connectivity index (χ4v) is 7.93. The molecule has 0 spiro atoms. The molecule has 1 atom stereocenters. The highest BCUT2D eigenvalue weighted by Gasteiger charge is 2.24. The Morgan fingerprint density at radius 3 is 1.78 bits per heavy atom. The molecule has 0 saturated carbocycles. The molecule has 0 aliphatic heterocycles. The minimum Gasteiger partial charge on any atom is -0.493 e. The summed E-state index contributed by atoms with van der Waals surface area (Å²) in [4.78, 5) is 26.4. The minimum atomic E-state index is -0.286. The molecule has 0 heterocycles. The lowest BCUT2D eigenvalue weighted by atomic mass is 9.76. The highest BCUT2D eigenvalue weighted by Crippen LogP contribution is 2.35. The van der Waals surface area contributed by atoms with Crippen molar-refractivity contribution in [3.8, 4) is 18.1 Å². The first kappa shape index (κ1) is 60.8. The van der Waals surface area contributed by atoms with Crippen molar-refractivity contribution in [2.75, 3.05) is 33.0 Å². The van der Waals surface area contributed by atoms with Crippen LogP contribution in [0.25, 0.3) is 16.8 Å². The van der Waals surface area contributed by atoms with Crippen molar-refractivity contribution < 1.29 is 20.4 Å². The van der Waals surface area contributed by atoms with Gasteiger partial charge in [-0.3, -0.25) is 9.59 Å². The summed E-state index contributed by atoms with van der Waals surface area (Å²) < 4.78 is 16.3. The smallest absolute Gasteiger partial charge is 0.198 e. The summed E-state index contributed by atoms with van der Waals surface area (Å²) in [5.41, 5.74) is 10.7. The van der Waals surface area contributed by atoms with E-state index < -0.39 is 0 Å². The van der Waals surface area contributed by atoms with Crippen LogP contribution in [0.2, 0.25) is 0 Å². The second-order valence-corrected chi connectivity index (χ2v) is 20.5. The van der Waals surface area contributed by atoms with Crippen LogP contribution in [0.3, 0.4) is 0 Å². The van der Waals surface area contributed by atoms with E-state index in [2.05, 4.69) is 161 Å². The Hall–Kier alpha value is -5.46. The Morgan fingerprint density at radius 1 is 0.736 bits per heavy atom. The molecule has 0 fully saturated rings. The van der Waals surface area contributed by atoms with E-state index in [0.717, 1.165) is 89.3 Å². The lowest BCUT2D eigenvalue weighted by Gasteiger charge is -2.28. The summed E-state index contributed by atoms with van der Waals surface area (Å²) in [7, 11) is 0. The summed E-state index contributed by atoms with van der Waals surface area (Å²) >= 11 is 0. The first-order valence-corrected chi connectivity index (χ1v) is 26.7. The highest BCUT2D eigenvalue weighted by atomic mass is 16.5. The number of ether oxygens (including phenoxy) is 3. The first-order chi connectivity index (χ1) is 34.5. The van der Waals surface area contributed by atoms with Gasteiger partial charge in [-0.25, -0.2) is 0 Å². The predicted octanol–water partition coefficient (Wildman–Crippen LogP) is 17.1. The molecule has 7 rings (SSSR count). The van der Waals surface area contributed by atoms with Crippen LogP contribution in [-0.2, 0) is 20.3 Å². The Balaban J connectivity index is 0.000000375. The van der Waals surface area contributed by atoms with E-state index in [0.29, 0.717) is 22.3 Å². The van der Waals surface area contributed by atoms with Gasteiger partial charge in [-0.05, 0) is 133 Å². The molecule has 0 amide bonds. The van der Waals surface area contributed by atoms with Crippen molar-refractivity contribution in [3.05, 3.63) is 182 Å².